The molecule has 12 heteroatoms. The van der Waals surface area contributed by atoms with Gasteiger partial charge in [-0.3, -0.25) is 4.79 Å². The van der Waals surface area contributed by atoms with E-state index >= 15 is 0 Å². The summed E-state index contributed by atoms with van der Waals surface area (Å²) in [6.07, 6.45) is -1.09. The molecule has 3 atom stereocenters. The molecule has 0 spiro atoms. The largest absolute Gasteiger partial charge is 0.504 e. The topological polar surface area (TPSA) is 211 Å². The van der Waals surface area contributed by atoms with Gasteiger partial charge in [-0.1, -0.05) is 18.2 Å². The van der Waals surface area contributed by atoms with Crippen LogP contribution in [-0.4, -0.2) is 59.8 Å². The van der Waals surface area contributed by atoms with Gasteiger partial charge in [0, 0.05) is 18.1 Å². The van der Waals surface area contributed by atoms with Crippen LogP contribution in [0, 0.1) is 0 Å². The lowest BCUT2D eigenvalue weighted by molar-refractivity contribution is -0.160. The minimum atomic E-state index is -1.64. The Bertz CT molecular complexity index is 1490. The summed E-state index contributed by atoms with van der Waals surface area (Å²) in [4.78, 5) is 36.4. The average molecular weight is 538 g/mol. The van der Waals surface area contributed by atoms with Crippen molar-refractivity contribution >= 4 is 24.0 Å². The van der Waals surface area contributed by atoms with Crippen molar-refractivity contribution in [3.8, 4) is 34.5 Å². The standard InChI is InChI=1S/C27H22O12/c28-15-5-1-12(9-18(15)31)10-20(26(34)35)38-21(33)8-4-13-2-7-17(30)25-22(13)23(27(36)37)24(39-25)14-3-6-16(29)19(32)11-14/h1-9,11,20,23-24,28-32H,10H2,(H,34,35)(H,36,37)/t20-,23-,24-/m0/s1. The summed E-state index contributed by atoms with van der Waals surface area (Å²) in [6, 6.07) is 9.83. The molecule has 1 heterocycles. The number of hydrogen-bond donors (Lipinski definition) is 7. The van der Waals surface area contributed by atoms with Crippen LogP contribution in [-0.2, 0) is 25.5 Å². The molecule has 0 fully saturated rings. The summed E-state index contributed by atoms with van der Waals surface area (Å²) in [6.45, 7) is 0. The summed E-state index contributed by atoms with van der Waals surface area (Å²) in [5, 5.41) is 68.2. The number of hydrogen-bond acceptors (Lipinski definition) is 10. The van der Waals surface area contributed by atoms with Gasteiger partial charge in [-0.25, -0.2) is 9.59 Å². The van der Waals surface area contributed by atoms with Gasteiger partial charge in [0.25, 0.3) is 0 Å². The van der Waals surface area contributed by atoms with Crippen molar-refractivity contribution in [2.45, 2.75) is 24.5 Å². The van der Waals surface area contributed by atoms with Gasteiger partial charge in [-0.05, 0) is 53.1 Å². The van der Waals surface area contributed by atoms with Crippen LogP contribution in [0.25, 0.3) is 6.08 Å². The van der Waals surface area contributed by atoms with E-state index in [1.807, 2.05) is 0 Å². The Morgan fingerprint density at radius 3 is 2.10 bits per heavy atom. The number of benzene rings is 3. The zero-order valence-electron chi connectivity index (χ0n) is 19.9. The molecule has 0 saturated heterocycles. The van der Waals surface area contributed by atoms with Gasteiger partial charge in [-0.15, -0.1) is 0 Å². The van der Waals surface area contributed by atoms with Crippen LogP contribution >= 0.6 is 0 Å². The van der Waals surface area contributed by atoms with E-state index in [4.69, 9.17) is 9.47 Å². The van der Waals surface area contributed by atoms with E-state index in [2.05, 4.69) is 0 Å². The molecule has 0 aliphatic carbocycles. The lowest BCUT2D eigenvalue weighted by Gasteiger charge is -2.17. The lowest BCUT2D eigenvalue weighted by atomic mass is 9.88. The monoisotopic (exact) mass is 538 g/mol. The molecule has 0 unspecified atom stereocenters. The Morgan fingerprint density at radius 2 is 1.49 bits per heavy atom. The molecule has 1 aliphatic rings. The molecular formula is C27H22O12. The molecule has 1 aliphatic heterocycles. The number of carboxylic acids is 2. The Hall–Kier alpha value is -5.39. The summed E-state index contributed by atoms with van der Waals surface area (Å²) in [7, 11) is 0. The minimum Gasteiger partial charge on any atom is -0.504 e. The SMILES string of the molecule is O=C(C=Cc1ccc(O)c2c1[C@H](C(=O)O)[C@H](c1ccc(O)c(O)c1)O2)O[C@@H](Cc1ccc(O)c(O)c1)C(=O)O. The van der Waals surface area contributed by atoms with E-state index in [1.54, 1.807) is 0 Å². The summed E-state index contributed by atoms with van der Waals surface area (Å²) in [5.41, 5.74) is 0.664. The predicted octanol–water partition coefficient (Wildman–Crippen LogP) is 2.77. The molecule has 7 N–H and O–H groups in total. The second-order valence-electron chi connectivity index (χ2n) is 8.64. The van der Waals surface area contributed by atoms with Crippen molar-refractivity contribution in [3.05, 3.63) is 76.9 Å². The summed E-state index contributed by atoms with van der Waals surface area (Å²) >= 11 is 0. The second kappa shape index (κ2) is 10.5. The van der Waals surface area contributed by atoms with Gasteiger partial charge in [0.15, 0.2) is 34.5 Å². The third-order valence-corrected chi connectivity index (χ3v) is 6.06. The Balaban J connectivity index is 1.59. The molecule has 3 aromatic rings. The van der Waals surface area contributed by atoms with Gasteiger partial charge < -0.3 is 45.2 Å². The van der Waals surface area contributed by atoms with Crippen LogP contribution in [0.4, 0.5) is 0 Å². The van der Waals surface area contributed by atoms with Gasteiger partial charge in [0.1, 0.15) is 12.0 Å². The number of aromatic hydroxyl groups is 5. The van der Waals surface area contributed by atoms with Crippen LogP contribution in [0.2, 0.25) is 0 Å². The van der Waals surface area contributed by atoms with Gasteiger partial charge in [0.2, 0.25) is 6.10 Å². The van der Waals surface area contributed by atoms with E-state index in [9.17, 15) is 50.1 Å². The molecule has 4 rings (SSSR count). The Labute approximate surface area is 219 Å². The zero-order chi connectivity index (χ0) is 28.4. The molecule has 0 radical (unpaired) electrons. The first-order valence-electron chi connectivity index (χ1n) is 11.4. The van der Waals surface area contributed by atoms with Crippen molar-refractivity contribution in [3.63, 3.8) is 0 Å². The van der Waals surface area contributed by atoms with Gasteiger partial charge in [-0.2, -0.15) is 0 Å². The molecule has 0 amide bonds. The maximum absolute atomic E-state index is 12.5. The molecular weight excluding hydrogens is 516 g/mol. The van der Waals surface area contributed by atoms with Gasteiger partial charge in [0.05, 0.1) is 0 Å². The van der Waals surface area contributed by atoms with Crippen LogP contribution < -0.4 is 4.74 Å². The number of carbonyl (C=O) groups excluding carboxylic acids is 1. The van der Waals surface area contributed by atoms with Crippen LogP contribution in [0.3, 0.4) is 0 Å². The number of esters is 1. The number of aliphatic carboxylic acids is 2. The minimum absolute atomic E-state index is 0.0264. The molecule has 3 aromatic carbocycles. The number of carbonyl (C=O) groups is 3. The molecule has 39 heavy (non-hydrogen) atoms. The highest BCUT2D eigenvalue weighted by Crippen LogP contribution is 2.52. The van der Waals surface area contributed by atoms with Gasteiger partial charge >= 0.3 is 17.9 Å². The summed E-state index contributed by atoms with van der Waals surface area (Å²) in [5.74, 6) is -7.59. The average Bonchev–Trinajstić information content (AvgIpc) is 3.29. The van der Waals surface area contributed by atoms with E-state index in [-0.39, 0.29) is 40.2 Å². The fraction of sp³-hybridized carbons (Fsp3) is 0.148. The highest BCUT2D eigenvalue weighted by Gasteiger charge is 2.43. The number of rotatable bonds is 8. The number of carboxylic acid groups (broad SMARTS) is 2. The number of phenolic OH excluding ortho intramolecular Hbond substituents is 5. The summed E-state index contributed by atoms with van der Waals surface area (Å²) < 4.78 is 10.8. The van der Waals surface area contributed by atoms with Crippen LogP contribution in [0.1, 0.15) is 34.3 Å². The number of ether oxygens (including phenoxy) is 2. The smallest absolute Gasteiger partial charge is 0.345 e. The van der Waals surface area contributed by atoms with E-state index < -0.39 is 59.0 Å². The first-order valence-corrected chi connectivity index (χ1v) is 11.4. The highest BCUT2D eigenvalue weighted by molar-refractivity contribution is 5.91. The predicted molar refractivity (Wildman–Crippen MR) is 132 cm³/mol. The van der Waals surface area contributed by atoms with Crippen molar-refractivity contribution in [1.82, 2.24) is 0 Å². The number of phenols is 5. The first-order chi connectivity index (χ1) is 18.5. The van der Waals surface area contributed by atoms with E-state index in [0.29, 0.717) is 0 Å². The number of fused-ring (bicyclic) bond motifs is 1. The molecule has 202 valence electrons. The van der Waals surface area contributed by atoms with Crippen molar-refractivity contribution < 1.29 is 59.6 Å². The molecule has 0 aromatic heterocycles. The molecule has 0 saturated carbocycles. The third-order valence-electron chi connectivity index (χ3n) is 6.06. The first kappa shape index (κ1) is 26.7. The highest BCUT2D eigenvalue weighted by atomic mass is 16.6. The van der Waals surface area contributed by atoms with E-state index in [1.165, 1.54) is 30.3 Å². The molecule has 0 bridgehead atoms. The second-order valence-corrected chi connectivity index (χ2v) is 8.64. The van der Waals surface area contributed by atoms with Crippen molar-refractivity contribution in [1.29, 1.82) is 0 Å². The van der Waals surface area contributed by atoms with Crippen LogP contribution in [0.5, 0.6) is 34.5 Å². The lowest BCUT2D eigenvalue weighted by Crippen LogP contribution is -2.28. The van der Waals surface area contributed by atoms with Crippen LogP contribution in [0.15, 0.2) is 54.6 Å². The van der Waals surface area contributed by atoms with Crippen molar-refractivity contribution in [2.75, 3.05) is 0 Å². The van der Waals surface area contributed by atoms with Crippen molar-refractivity contribution in [2.24, 2.45) is 0 Å². The maximum Gasteiger partial charge on any atom is 0.345 e. The fourth-order valence-electron chi connectivity index (χ4n) is 4.20. The van der Waals surface area contributed by atoms with E-state index in [0.717, 1.165) is 30.3 Å². The fourth-order valence-corrected chi connectivity index (χ4v) is 4.20. The zero-order valence-corrected chi connectivity index (χ0v) is 19.9. The Kier molecular flexibility index (Phi) is 7.20. The maximum atomic E-state index is 12.5. The third kappa shape index (κ3) is 5.49. The normalized spacial score (nSPS) is 16.8. The quantitative estimate of drug-likeness (QED) is 0.125. The Morgan fingerprint density at radius 1 is 0.846 bits per heavy atom. The molecule has 12 nitrogen and oxygen atoms in total.